The van der Waals surface area contributed by atoms with Gasteiger partial charge in [-0.3, -0.25) is 4.79 Å². The molecular formula is C11H8BrNOS. The van der Waals surface area contributed by atoms with Crippen LogP contribution < -0.4 is 5.73 Å². The van der Waals surface area contributed by atoms with Gasteiger partial charge in [0.1, 0.15) is 0 Å². The number of carbonyl (C=O) groups is 1. The second-order valence-electron chi connectivity index (χ2n) is 3.05. The third-order valence-corrected chi connectivity index (χ3v) is 3.59. The summed E-state index contributed by atoms with van der Waals surface area (Å²) in [5.74, 6) is 0.0331. The highest BCUT2D eigenvalue weighted by molar-refractivity contribution is 9.11. The van der Waals surface area contributed by atoms with E-state index in [0.717, 1.165) is 8.66 Å². The molecule has 1 heterocycles. The minimum atomic E-state index is 0.0331. The predicted octanol–water partition coefficient (Wildman–Crippen LogP) is 3.32. The third kappa shape index (κ3) is 2.27. The molecule has 0 amide bonds. The lowest BCUT2D eigenvalue weighted by molar-refractivity contribution is 0.104. The molecule has 0 radical (unpaired) electrons. The Labute approximate surface area is 99.9 Å². The quantitative estimate of drug-likeness (QED) is 0.678. The van der Waals surface area contributed by atoms with Crippen molar-refractivity contribution in [1.29, 1.82) is 0 Å². The largest absolute Gasteiger partial charge is 0.399 e. The Hall–Kier alpha value is -1.13. The molecule has 0 spiro atoms. The van der Waals surface area contributed by atoms with Crippen molar-refractivity contribution in [2.45, 2.75) is 0 Å². The van der Waals surface area contributed by atoms with Gasteiger partial charge in [0.2, 0.25) is 5.78 Å². The fraction of sp³-hybridized carbons (Fsp3) is 0. The van der Waals surface area contributed by atoms with Crippen molar-refractivity contribution in [3.05, 3.63) is 50.6 Å². The highest BCUT2D eigenvalue weighted by Crippen LogP contribution is 2.24. The Bertz CT molecular complexity index is 490. The molecule has 0 atom stereocenters. The molecule has 0 aliphatic rings. The highest BCUT2D eigenvalue weighted by Gasteiger charge is 2.10. The van der Waals surface area contributed by atoms with Crippen LogP contribution >= 0.6 is 27.3 Å². The summed E-state index contributed by atoms with van der Waals surface area (Å²) in [6.45, 7) is 0. The molecule has 76 valence electrons. The average molecular weight is 282 g/mol. The lowest BCUT2D eigenvalue weighted by Gasteiger charge is -1.98. The molecule has 2 aromatic rings. The summed E-state index contributed by atoms with van der Waals surface area (Å²) in [6.07, 6.45) is 0. The van der Waals surface area contributed by atoms with E-state index in [-0.39, 0.29) is 5.78 Å². The summed E-state index contributed by atoms with van der Waals surface area (Å²) in [5.41, 5.74) is 6.88. The van der Waals surface area contributed by atoms with Gasteiger partial charge in [-0.1, -0.05) is 0 Å². The van der Waals surface area contributed by atoms with Gasteiger partial charge in [-0.15, -0.1) is 11.3 Å². The van der Waals surface area contributed by atoms with Crippen molar-refractivity contribution in [3.63, 3.8) is 0 Å². The van der Waals surface area contributed by atoms with Gasteiger partial charge in [-0.25, -0.2) is 0 Å². The summed E-state index contributed by atoms with van der Waals surface area (Å²) in [4.78, 5) is 12.6. The number of hydrogen-bond donors (Lipinski definition) is 1. The molecule has 0 aliphatic heterocycles. The Morgan fingerprint density at radius 1 is 1.13 bits per heavy atom. The maximum atomic E-state index is 11.9. The molecular weight excluding hydrogens is 274 g/mol. The van der Waals surface area contributed by atoms with Crippen LogP contribution in [0, 0.1) is 0 Å². The molecule has 2 nitrogen and oxygen atoms in total. The van der Waals surface area contributed by atoms with E-state index in [2.05, 4.69) is 15.9 Å². The molecule has 1 aromatic heterocycles. The van der Waals surface area contributed by atoms with Crippen molar-refractivity contribution in [2.75, 3.05) is 5.73 Å². The van der Waals surface area contributed by atoms with Crippen LogP contribution in [-0.4, -0.2) is 5.78 Å². The van der Waals surface area contributed by atoms with Crippen LogP contribution in [0.4, 0.5) is 5.69 Å². The van der Waals surface area contributed by atoms with Crippen molar-refractivity contribution < 1.29 is 4.79 Å². The van der Waals surface area contributed by atoms with E-state index in [0.29, 0.717) is 11.3 Å². The average Bonchev–Trinajstić information content (AvgIpc) is 2.65. The van der Waals surface area contributed by atoms with Gasteiger partial charge in [0.15, 0.2) is 0 Å². The Balaban J connectivity index is 2.32. The second-order valence-corrected chi connectivity index (χ2v) is 5.52. The van der Waals surface area contributed by atoms with Crippen LogP contribution in [0.15, 0.2) is 40.2 Å². The fourth-order valence-electron chi connectivity index (χ4n) is 1.21. The normalized spacial score (nSPS) is 10.2. The lowest BCUT2D eigenvalue weighted by atomic mass is 10.1. The van der Waals surface area contributed by atoms with Crippen molar-refractivity contribution in [1.82, 2.24) is 0 Å². The van der Waals surface area contributed by atoms with Crippen molar-refractivity contribution >= 4 is 38.7 Å². The Kier molecular flexibility index (Phi) is 2.88. The molecule has 15 heavy (non-hydrogen) atoms. The van der Waals surface area contributed by atoms with Crippen molar-refractivity contribution in [2.24, 2.45) is 0 Å². The first-order valence-corrected chi connectivity index (χ1v) is 5.93. The first-order valence-electron chi connectivity index (χ1n) is 4.32. The Morgan fingerprint density at radius 3 is 2.33 bits per heavy atom. The first-order chi connectivity index (χ1) is 7.16. The monoisotopic (exact) mass is 281 g/mol. The smallest absolute Gasteiger partial charge is 0.202 e. The topological polar surface area (TPSA) is 43.1 Å². The number of rotatable bonds is 2. The number of anilines is 1. The molecule has 0 aliphatic carbocycles. The summed E-state index contributed by atoms with van der Waals surface area (Å²) < 4.78 is 0.960. The van der Waals surface area contributed by atoms with E-state index >= 15 is 0 Å². The van der Waals surface area contributed by atoms with E-state index in [9.17, 15) is 4.79 Å². The van der Waals surface area contributed by atoms with Gasteiger partial charge in [0.05, 0.1) is 8.66 Å². The molecule has 4 heteroatoms. The summed E-state index contributed by atoms with van der Waals surface area (Å²) in [5, 5.41) is 0. The van der Waals surface area contributed by atoms with Gasteiger partial charge in [-0.2, -0.15) is 0 Å². The zero-order chi connectivity index (χ0) is 10.8. The molecule has 1 aromatic carbocycles. The number of halogens is 1. The molecule has 2 N–H and O–H groups in total. The SMILES string of the molecule is Nc1ccc(C(=O)c2ccc(Br)s2)cc1. The summed E-state index contributed by atoms with van der Waals surface area (Å²) in [6, 6.07) is 10.6. The fourth-order valence-corrected chi connectivity index (χ4v) is 2.56. The van der Waals surface area contributed by atoms with Gasteiger partial charge >= 0.3 is 0 Å². The minimum absolute atomic E-state index is 0.0331. The van der Waals surface area contributed by atoms with Crippen LogP contribution in [0.25, 0.3) is 0 Å². The number of carbonyl (C=O) groups excluding carboxylic acids is 1. The molecule has 0 unspecified atom stereocenters. The molecule has 2 rings (SSSR count). The van der Waals surface area contributed by atoms with Crippen molar-refractivity contribution in [3.8, 4) is 0 Å². The van der Waals surface area contributed by atoms with E-state index < -0.39 is 0 Å². The zero-order valence-corrected chi connectivity index (χ0v) is 10.1. The molecule has 0 saturated heterocycles. The first kappa shape index (κ1) is 10.4. The van der Waals surface area contributed by atoms with Gasteiger partial charge < -0.3 is 5.73 Å². The lowest BCUT2D eigenvalue weighted by Crippen LogP contribution is -1.98. The summed E-state index contributed by atoms with van der Waals surface area (Å²) >= 11 is 4.76. The molecule has 0 fully saturated rings. The maximum Gasteiger partial charge on any atom is 0.202 e. The van der Waals surface area contributed by atoms with Gasteiger partial charge in [0.25, 0.3) is 0 Å². The van der Waals surface area contributed by atoms with E-state index in [1.807, 2.05) is 12.1 Å². The number of nitrogens with two attached hydrogens (primary N) is 1. The highest BCUT2D eigenvalue weighted by atomic mass is 79.9. The standard InChI is InChI=1S/C11H8BrNOS/c12-10-6-5-9(15-10)11(14)7-1-3-8(13)4-2-7/h1-6H,13H2. The number of hydrogen-bond acceptors (Lipinski definition) is 3. The van der Waals surface area contributed by atoms with Crippen LogP contribution in [0.2, 0.25) is 0 Å². The number of ketones is 1. The van der Waals surface area contributed by atoms with E-state index in [1.54, 1.807) is 24.3 Å². The zero-order valence-electron chi connectivity index (χ0n) is 7.74. The van der Waals surface area contributed by atoms with Crippen LogP contribution in [0.3, 0.4) is 0 Å². The van der Waals surface area contributed by atoms with E-state index in [1.165, 1.54) is 11.3 Å². The molecule has 0 bridgehead atoms. The molecule has 0 saturated carbocycles. The van der Waals surface area contributed by atoms with Gasteiger partial charge in [-0.05, 0) is 52.3 Å². The predicted molar refractivity (Wildman–Crippen MR) is 66.3 cm³/mol. The third-order valence-electron chi connectivity index (χ3n) is 1.97. The Morgan fingerprint density at radius 2 is 1.80 bits per heavy atom. The number of benzene rings is 1. The number of nitrogen functional groups attached to an aromatic ring is 1. The summed E-state index contributed by atoms with van der Waals surface area (Å²) in [7, 11) is 0. The van der Waals surface area contributed by atoms with Crippen LogP contribution in [-0.2, 0) is 0 Å². The van der Waals surface area contributed by atoms with Crippen LogP contribution in [0.5, 0.6) is 0 Å². The van der Waals surface area contributed by atoms with E-state index in [4.69, 9.17) is 5.73 Å². The van der Waals surface area contributed by atoms with Gasteiger partial charge in [0, 0.05) is 11.3 Å². The minimum Gasteiger partial charge on any atom is -0.399 e. The maximum absolute atomic E-state index is 11.9. The van der Waals surface area contributed by atoms with Crippen LogP contribution in [0.1, 0.15) is 15.2 Å². The second kappa shape index (κ2) is 4.16. The number of thiophene rings is 1.